The number of halogens is 7. The normalized spacial score (nSPS) is 17.1. The highest BCUT2D eigenvalue weighted by Gasteiger charge is 2.39. The van der Waals surface area contributed by atoms with E-state index in [1.165, 1.54) is 17.7 Å². The van der Waals surface area contributed by atoms with Crippen molar-refractivity contribution < 1.29 is 50.9 Å². The highest BCUT2D eigenvalue weighted by atomic mass is 35.5. The number of hydrogen-bond acceptors (Lipinski definition) is 11. The van der Waals surface area contributed by atoms with Crippen molar-refractivity contribution in [3.05, 3.63) is 51.4 Å². The number of aliphatic carboxylic acids is 2. The van der Waals surface area contributed by atoms with Crippen LogP contribution in [0.4, 0.5) is 32.2 Å². The van der Waals surface area contributed by atoms with Crippen LogP contribution in [0.3, 0.4) is 0 Å². The summed E-state index contributed by atoms with van der Waals surface area (Å²) in [5, 5.41) is 22.9. The van der Waals surface area contributed by atoms with Gasteiger partial charge in [-0.25, -0.2) is 19.6 Å². The average molecular weight is 730 g/mol. The number of nitrogens with two attached hydrogens (primary N) is 1. The van der Waals surface area contributed by atoms with E-state index in [0.717, 1.165) is 49.6 Å². The lowest BCUT2D eigenvalue weighted by molar-refractivity contribution is -0.193. The molecule has 0 unspecified atom stereocenters. The molecule has 0 aliphatic carbocycles. The van der Waals surface area contributed by atoms with E-state index >= 15 is 0 Å². The molecule has 256 valence electrons. The van der Waals surface area contributed by atoms with Crippen molar-refractivity contribution in [1.82, 2.24) is 24.8 Å². The first-order chi connectivity index (χ1) is 21.9. The molecule has 1 saturated heterocycles. The maximum atomic E-state index is 13.3. The van der Waals surface area contributed by atoms with Crippen LogP contribution in [0.25, 0.3) is 10.9 Å². The van der Waals surface area contributed by atoms with Crippen LogP contribution in [-0.2, 0) is 20.9 Å². The van der Waals surface area contributed by atoms with Gasteiger partial charge >= 0.3 is 24.3 Å². The van der Waals surface area contributed by atoms with E-state index in [1.54, 1.807) is 11.8 Å². The number of aromatic nitrogens is 2. The Balaban J connectivity index is 0.000000360. The molecular weight excluding hydrogens is 704 g/mol. The molecule has 4 N–H and O–H groups in total. The maximum Gasteiger partial charge on any atom is 0.490 e. The van der Waals surface area contributed by atoms with Gasteiger partial charge in [-0.05, 0) is 36.2 Å². The largest absolute Gasteiger partial charge is 0.490 e. The second-order valence-electron chi connectivity index (χ2n) is 9.64. The smallest absolute Gasteiger partial charge is 0.475 e. The van der Waals surface area contributed by atoms with E-state index in [9.17, 15) is 31.1 Å². The molecule has 12 nitrogen and oxygen atoms in total. The molecule has 21 heteroatoms. The summed E-state index contributed by atoms with van der Waals surface area (Å²) in [5.41, 5.74) is 7.77. The number of rotatable bonds is 6. The molecule has 1 amide bonds. The summed E-state index contributed by atoms with van der Waals surface area (Å²) in [6, 6.07) is 9.67. The number of carbonyl (C=O) groups excluding carboxylic acids is 1. The van der Waals surface area contributed by atoms with Gasteiger partial charge in [0.15, 0.2) is 0 Å². The summed E-state index contributed by atoms with van der Waals surface area (Å²) in [4.78, 5) is 44.7. The Hall–Kier alpha value is -3.88. The van der Waals surface area contributed by atoms with Crippen molar-refractivity contribution in [1.29, 1.82) is 0 Å². The summed E-state index contributed by atoms with van der Waals surface area (Å²) in [6.07, 6.45) is -7.94. The van der Waals surface area contributed by atoms with Crippen LogP contribution in [0.5, 0.6) is 0 Å². The molecule has 47 heavy (non-hydrogen) atoms. The lowest BCUT2D eigenvalue weighted by Gasteiger charge is -2.41. The number of fused-ring (bicyclic) bond motifs is 1. The van der Waals surface area contributed by atoms with Gasteiger partial charge in [-0.2, -0.15) is 31.4 Å². The molecule has 1 fully saturated rings. The number of anilines is 1. The summed E-state index contributed by atoms with van der Waals surface area (Å²) < 4.78 is 64.2. The highest BCUT2D eigenvalue weighted by molar-refractivity contribution is 8.14. The number of piperazine rings is 1. The molecule has 3 aromatic rings. The minimum Gasteiger partial charge on any atom is -0.475 e. The molecule has 2 aromatic heterocycles. The number of amides is 1. The van der Waals surface area contributed by atoms with E-state index in [1.807, 2.05) is 40.2 Å². The topological polar surface area (TPSA) is 166 Å². The van der Waals surface area contributed by atoms with Gasteiger partial charge in [0.25, 0.3) is 0 Å². The third kappa shape index (κ3) is 10.6. The van der Waals surface area contributed by atoms with E-state index < -0.39 is 24.3 Å². The third-order valence-electron chi connectivity index (χ3n) is 6.38. The summed E-state index contributed by atoms with van der Waals surface area (Å²) >= 11 is 9.32. The maximum absolute atomic E-state index is 13.3. The van der Waals surface area contributed by atoms with Gasteiger partial charge in [0.1, 0.15) is 17.2 Å². The van der Waals surface area contributed by atoms with Gasteiger partial charge < -0.3 is 20.8 Å². The van der Waals surface area contributed by atoms with Gasteiger partial charge in [-0.3, -0.25) is 14.7 Å². The van der Waals surface area contributed by atoms with Crippen molar-refractivity contribution in [2.45, 2.75) is 38.3 Å². The standard InChI is InChI=1S/C22H24ClN7OS2.2C2HF3O2/c1-2-17-22(31)28(10-14-3-4-15-16(9-14)25-11-26-20(15)24)7-8-29(17)12-30-13-32-21(27-30)18-5-6-19(23)33-18;2*3-2(4,5)1(6)7/h3-6,9,11,17H,2,7-8,10,12-13H2,1H3,(H2,24,25,26);2*(H,6,7)/t17-;;/m0../s1. The van der Waals surface area contributed by atoms with Gasteiger partial charge in [0, 0.05) is 25.0 Å². The summed E-state index contributed by atoms with van der Waals surface area (Å²) in [6.45, 7) is 4.75. The van der Waals surface area contributed by atoms with Crippen molar-refractivity contribution >= 4 is 74.3 Å². The SMILES string of the molecule is CC[C@H]1C(=O)N(Cc2ccc3c(N)ncnc3c2)CCN1CN1CSC(c2ccc(Cl)s2)=N1.O=C(O)C(F)(F)F.O=C(O)C(F)(F)F. The zero-order valence-electron chi connectivity index (χ0n) is 24.1. The van der Waals surface area contributed by atoms with Crippen molar-refractivity contribution in [3.8, 4) is 0 Å². The van der Waals surface area contributed by atoms with Crippen LogP contribution in [0.1, 0.15) is 23.8 Å². The van der Waals surface area contributed by atoms with Crippen LogP contribution in [-0.4, -0.2) is 102 Å². The fourth-order valence-corrected chi connectivity index (χ4v) is 6.26. The number of nitrogen functional groups attached to an aromatic ring is 1. The number of benzene rings is 1. The van der Waals surface area contributed by atoms with E-state index in [0.29, 0.717) is 25.6 Å². The number of carboxylic acids is 2. The quantitative estimate of drug-likeness (QED) is 0.294. The fourth-order valence-electron chi connectivity index (χ4n) is 4.24. The molecule has 2 aliphatic rings. The number of thioether (sulfide) groups is 1. The Bertz CT molecular complexity index is 1600. The second-order valence-corrected chi connectivity index (χ2v) is 12.3. The summed E-state index contributed by atoms with van der Waals surface area (Å²) in [7, 11) is 0. The molecule has 0 spiro atoms. The van der Waals surface area contributed by atoms with Crippen LogP contribution in [0, 0.1) is 0 Å². The first-order valence-electron chi connectivity index (χ1n) is 13.2. The Labute approximate surface area is 275 Å². The molecule has 0 saturated carbocycles. The minimum absolute atomic E-state index is 0.155. The molecule has 5 rings (SSSR count). The molecule has 1 aromatic carbocycles. The highest BCUT2D eigenvalue weighted by Crippen LogP contribution is 2.30. The molecule has 1 atom stereocenters. The predicted molar refractivity (Wildman–Crippen MR) is 163 cm³/mol. The number of hydrogen-bond donors (Lipinski definition) is 3. The fraction of sp³-hybridized carbons (Fsp3) is 0.385. The Morgan fingerprint density at radius 2 is 1.68 bits per heavy atom. The van der Waals surface area contributed by atoms with Crippen molar-refractivity contribution in [2.24, 2.45) is 5.10 Å². The van der Waals surface area contributed by atoms with Crippen molar-refractivity contribution in [2.75, 3.05) is 31.4 Å². The van der Waals surface area contributed by atoms with E-state index in [-0.39, 0.29) is 11.9 Å². The number of carboxylic acid groups (broad SMARTS) is 2. The third-order valence-corrected chi connectivity index (χ3v) is 8.75. The lowest BCUT2D eigenvalue weighted by atomic mass is 10.1. The number of nitrogens with zero attached hydrogens (tertiary/aromatic N) is 6. The lowest BCUT2D eigenvalue weighted by Crippen LogP contribution is -2.58. The van der Waals surface area contributed by atoms with Gasteiger partial charge in [-0.15, -0.1) is 11.3 Å². The number of carbonyl (C=O) groups is 3. The first kappa shape index (κ1) is 37.6. The summed E-state index contributed by atoms with van der Waals surface area (Å²) in [5.74, 6) is -4.11. The van der Waals surface area contributed by atoms with Gasteiger partial charge in [0.05, 0.1) is 33.3 Å². The van der Waals surface area contributed by atoms with E-state index in [4.69, 9.17) is 42.2 Å². The number of alkyl halides is 6. The molecule has 0 radical (unpaired) electrons. The Kier molecular flexibility index (Phi) is 12.6. The van der Waals surface area contributed by atoms with Gasteiger partial charge in [0.2, 0.25) is 5.91 Å². The number of hydrazone groups is 1. The van der Waals surface area contributed by atoms with Crippen LogP contribution in [0.15, 0.2) is 41.8 Å². The second kappa shape index (κ2) is 15.8. The monoisotopic (exact) mass is 729 g/mol. The van der Waals surface area contributed by atoms with Crippen LogP contribution < -0.4 is 5.73 Å². The molecule has 4 heterocycles. The van der Waals surface area contributed by atoms with Crippen molar-refractivity contribution in [3.63, 3.8) is 0 Å². The Morgan fingerprint density at radius 1 is 1.04 bits per heavy atom. The minimum atomic E-state index is -5.08. The zero-order chi connectivity index (χ0) is 35.1. The predicted octanol–water partition coefficient (Wildman–Crippen LogP) is 4.94. The number of thiophene rings is 1. The van der Waals surface area contributed by atoms with Crippen LogP contribution >= 0.6 is 34.7 Å². The first-order valence-corrected chi connectivity index (χ1v) is 15.4. The van der Waals surface area contributed by atoms with E-state index in [2.05, 4.69) is 21.8 Å². The van der Waals surface area contributed by atoms with Crippen LogP contribution in [0.2, 0.25) is 4.34 Å². The zero-order valence-corrected chi connectivity index (χ0v) is 26.5. The molecule has 2 aliphatic heterocycles. The average Bonchev–Trinajstić information content (AvgIpc) is 3.63. The Morgan fingerprint density at radius 3 is 2.23 bits per heavy atom. The molecule has 0 bridgehead atoms. The van der Waals surface area contributed by atoms with Gasteiger partial charge in [-0.1, -0.05) is 36.4 Å². The molecular formula is C26H26ClF6N7O5S2.